The van der Waals surface area contributed by atoms with Gasteiger partial charge in [-0.05, 0) is 34.6 Å². The molecule has 0 spiro atoms. The van der Waals surface area contributed by atoms with Gasteiger partial charge in [0.1, 0.15) is 0 Å². The topological polar surface area (TPSA) is 39.1 Å². The largest absolute Gasteiger partial charge is 0.380 e. The average molecular weight is 225 g/mol. The Balaban J connectivity index is 2.76. The first-order chi connectivity index (χ1) is 7.54. The van der Waals surface area contributed by atoms with Crippen molar-refractivity contribution in [3.05, 3.63) is 11.9 Å². The fourth-order valence-corrected chi connectivity index (χ4v) is 1.59. The molecule has 1 rings (SSSR count). The van der Waals surface area contributed by atoms with Gasteiger partial charge in [0.2, 0.25) is 5.95 Å². The summed E-state index contributed by atoms with van der Waals surface area (Å²) in [6, 6.07) is 0.697. The van der Waals surface area contributed by atoms with Crippen molar-refractivity contribution in [1.82, 2.24) is 9.55 Å². The maximum Gasteiger partial charge on any atom is 0.203 e. The van der Waals surface area contributed by atoms with Gasteiger partial charge in [0.25, 0.3) is 0 Å². The molecule has 0 aliphatic carbocycles. The summed E-state index contributed by atoms with van der Waals surface area (Å²) in [6.45, 7) is 11.9. The highest BCUT2D eigenvalue weighted by Gasteiger charge is 2.12. The molecule has 0 fully saturated rings. The van der Waals surface area contributed by atoms with Gasteiger partial charge in [-0.15, -0.1) is 0 Å². The summed E-state index contributed by atoms with van der Waals surface area (Å²) < 4.78 is 7.59. The molecule has 1 N–H and O–H groups in total. The van der Waals surface area contributed by atoms with Gasteiger partial charge in [-0.25, -0.2) is 4.98 Å². The molecule has 1 aromatic heterocycles. The Kier molecular flexibility index (Phi) is 4.80. The highest BCUT2D eigenvalue weighted by atomic mass is 16.5. The second kappa shape index (κ2) is 5.89. The number of rotatable bonds is 6. The van der Waals surface area contributed by atoms with Crippen LogP contribution in [0.5, 0.6) is 0 Å². The number of hydrogen-bond acceptors (Lipinski definition) is 3. The van der Waals surface area contributed by atoms with Crippen LogP contribution in [-0.4, -0.2) is 28.8 Å². The highest BCUT2D eigenvalue weighted by Crippen LogP contribution is 2.16. The van der Waals surface area contributed by atoms with E-state index in [4.69, 9.17) is 4.74 Å². The molecule has 1 heterocycles. The molecule has 0 aliphatic heterocycles. The summed E-state index contributed by atoms with van der Waals surface area (Å²) in [5.74, 6) is 0.930. The van der Waals surface area contributed by atoms with Crippen molar-refractivity contribution in [2.45, 2.75) is 46.7 Å². The summed E-state index contributed by atoms with van der Waals surface area (Å²) in [4.78, 5) is 4.48. The maximum absolute atomic E-state index is 5.44. The molecule has 0 radical (unpaired) electrons. The van der Waals surface area contributed by atoms with Crippen LogP contribution in [0.4, 0.5) is 5.95 Å². The molecule has 0 saturated carbocycles. The molecule has 0 aliphatic rings. The van der Waals surface area contributed by atoms with Gasteiger partial charge >= 0.3 is 0 Å². The predicted octanol–water partition coefficient (Wildman–Crippen LogP) is 2.61. The molecule has 4 heteroatoms. The van der Waals surface area contributed by atoms with Crippen LogP contribution in [0.3, 0.4) is 0 Å². The fourth-order valence-electron chi connectivity index (χ4n) is 1.59. The molecule has 1 aromatic rings. The van der Waals surface area contributed by atoms with Crippen LogP contribution >= 0.6 is 0 Å². The second-order valence-corrected chi connectivity index (χ2v) is 4.42. The Morgan fingerprint density at radius 2 is 2.12 bits per heavy atom. The third-order valence-corrected chi connectivity index (χ3v) is 2.31. The van der Waals surface area contributed by atoms with Gasteiger partial charge in [-0.3, -0.25) is 0 Å². The monoisotopic (exact) mass is 225 g/mol. The van der Waals surface area contributed by atoms with Gasteiger partial charge in [-0.1, -0.05) is 0 Å². The average Bonchev–Trinajstić information content (AvgIpc) is 2.55. The number of ether oxygens (including phenoxy) is 1. The van der Waals surface area contributed by atoms with Crippen molar-refractivity contribution in [3.8, 4) is 0 Å². The molecular weight excluding hydrogens is 202 g/mol. The first-order valence-corrected chi connectivity index (χ1v) is 5.94. The standard InChI is InChI=1S/C12H23N3O/c1-6-16-8-11(5)15-7-10(4)14-12(15)13-9(2)3/h7,9,11H,6,8H2,1-5H3,(H,13,14). The molecule has 92 valence electrons. The lowest BCUT2D eigenvalue weighted by Crippen LogP contribution is -2.18. The van der Waals surface area contributed by atoms with Gasteiger partial charge in [0.15, 0.2) is 0 Å². The lowest BCUT2D eigenvalue weighted by Gasteiger charge is -2.18. The zero-order chi connectivity index (χ0) is 12.1. The third kappa shape index (κ3) is 3.52. The molecule has 1 unspecified atom stereocenters. The molecule has 4 nitrogen and oxygen atoms in total. The Hall–Kier alpha value is -1.03. The zero-order valence-corrected chi connectivity index (χ0v) is 10.9. The number of anilines is 1. The number of nitrogens with zero attached hydrogens (tertiary/aromatic N) is 2. The fraction of sp³-hybridized carbons (Fsp3) is 0.750. The van der Waals surface area contributed by atoms with E-state index in [1.807, 2.05) is 13.8 Å². The van der Waals surface area contributed by atoms with Crippen LogP contribution in [0.2, 0.25) is 0 Å². The third-order valence-electron chi connectivity index (χ3n) is 2.31. The van der Waals surface area contributed by atoms with Crippen molar-refractivity contribution in [2.75, 3.05) is 18.5 Å². The molecule has 0 aromatic carbocycles. The molecule has 0 saturated heterocycles. The van der Waals surface area contributed by atoms with E-state index in [1.54, 1.807) is 0 Å². The van der Waals surface area contributed by atoms with Gasteiger partial charge in [0, 0.05) is 18.8 Å². The Morgan fingerprint density at radius 3 is 2.69 bits per heavy atom. The van der Waals surface area contributed by atoms with Crippen molar-refractivity contribution in [1.29, 1.82) is 0 Å². The first-order valence-electron chi connectivity index (χ1n) is 5.94. The molecule has 16 heavy (non-hydrogen) atoms. The zero-order valence-electron chi connectivity index (χ0n) is 10.9. The SMILES string of the molecule is CCOCC(C)n1cc(C)nc1NC(C)C. The number of aromatic nitrogens is 2. The minimum Gasteiger partial charge on any atom is -0.380 e. The summed E-state index contributed by atoms with van der Waals surface area (Å²) >= 11 is 0. The highest BCUT2D eigenvalue weighted by molar-refractivity contribution is 5.30. The number of nitrogens with one attached hydrogen (secondary N) is 1. The summed E-state index contributed by atoms with van der Waals surface area (Å²) in [6.07, 6.45) is 2.06. The van der Waals surface area contributed by atoms with Crippen LogP contribution in [0.1, 0.15) is 39.4 Å². The molecule has 0 bridgehead atoms. The first kappa shape index (κ1) is 13.0. The van der Waals surface area contributed by atoms with Crippen molar-refractivity contribution < 1.29 is 4.74 Å². The molecular formula is C12H23N3O. The van der Waals surface area contributed by atoms with Gasteiger partial charge in [-0.2, -0.15) is 0 Å². The summed E-state index contributed by atoms with van der Waals surface area (Å²) in [5.41, 5.74) is 1.03. The minimum absolute atomic E-state index is 0.308. The van der Waals surface area contributed by atoms with Gasteiger partial charge < -0.3 is 14.6 Å². The van der Waals surface area contributed by atoms with E-state index in [-0.39, 0.29) is 0 Å². The van der Waals surface area contributed by atoms with Gasteiger partial charge in [0.05, 0.1) is 18.3 Å². The summed E-state index contributed by atoms with van der Waals surface area (Å²) in [7, 11) is 0. The molecule has 1 atom stereocenters. The van der Waals surface area contributed by atoms with Crippen LogP contribution in [0.15, 0.2) is 6.20 Å². The predicted molar refractivity (Wildman–Crippen MR) is 66.9 cm³/mol. The number of hydrogen-bond donors (Lipinski definition) is 1. The lowest BCUT2D eigenvalue weighted by molar-refractivity contribution is 0.119. The normalized spacial score (nSPS) is 13.1. The van der Waals surface area contributed by atoms with Crippen molar-refractivity contribution in [2.24, 2.45) is 0 Å². The van der Waals surface area contributed by atoms with Crippen LogP contribution in [-0.2, 0) is 4.74 Å². The maximum atomic E-state index is 5.44. The van der Waals surface area contributed by atoms with Crippen molar-refractivity contribution >= 4 is 5.95 Å². The Labute approximate surface area is 98.0 Å². The smallest absolute Gasteiger partial charge is 0.203 e. The lowest BCUT2D eigenvalue weighted by atomic mass is 10.3. The Bertz CT molecular complexity index is 320. The van der Waals surface area contributed by atoms with E-state index in [1.165, 1.54) is 0 Å². The van der Waals surface area contributed by atoms with Crippen LogP contribution in [0, 0.1) is 6.92 Å². The quantitative estimate of drug-likeness (QED) is 0.809. The van der Waals surface area contributed by atoms with E-state index in [0.717, 1.165) is 24.9 Å². The van der Waals surface area contributed by atoms with E-state index in [0.29, 0.717) is 12.1 Å². The van der Waals surface area contributed by atoms with Crippen molar-refractivity contribution in [3.63, 3.8) is 0 Å². The van der Waals surface area contributed by atoms with E-state index in [9.17, 15) is 0 Å². The van der Waals surface area contributed by atoms with Crippen LogP contribution in [0.25, 0.3) is 0 Å². The van der Waals surface area contributed by atoms with E-state index in [2.05, 4.69) is 41.8 Å². The number of aryl methyl sites for hydroxylation is 1. The second-order valence-electron chi connectivity index (χ2n) is 4.42. The van der Waals surface area contributed by atoms with E-state index < -0.39 is 0 Å². The summed E-state index contributed by atoms with van der Waals surface area (Å²) in [5, 5.41) is 3.35. The van der Waals surface area contributed by atoms with E-state index >= 15 is 0 Å². The minimum atomic E-state index is 0.308. The number of imidazole rings is 1. The Morgan fingerprint density at radius 1 is 1.44 bits per heavy atom. The molecule has 0 amide bonds. The van der Waals surface area contributed by atoms with Crippen LogP contribution < -0.4 is 5.32 Å².